The molecule has 0 atom stereocenters. The highest BCUT2D eigenvalue weighted by atomic mass is 35.5. The zero-order valence-corrected chi connectivity index (χ0v) is 15.9. The summed E-state index contributed by atoms with van der Waals surface area (Å²) in [6.45, 7) is 1.49. The number of hydrogen-bond acceptors (Lipinski definition) is 8. The number of nitro groups is 1. The van der Waals surface area contributed by atoms with E-state index >= 15 is 0 Å². The third kappa shape index (κ3) is 4.07. The van der Waals surface area contributed by atoms with Gasteiger partial charge < -0.3 is 14.8 Å². The molecule has 9 nitrogen and oxygen atoms in total. The summed E-state index contributed by atoms with van der Waals surface area (Å²) < 4.78 is 9.34. The van der Waals surface area contributed by atoms with Gasteiger partial charge in [0, 0.05) is 11.1 Å². The average Bonchev–Trinajstić information content (AvgIpc) is 2.95. The monoisotopic (exact) mass is 412 g/mol. The highest BCUT2D eigenvalue weighted by Crippen LogP contribution is 2.35. The predicted octanol–water partition coefficient (Wildman–Crippen LogP) is 3.44. The van der Waals surface area contributed by atoms with Crippen molar-refractivity contribution in [1.29, 1.82) is 0 Å². The van der Waals surface area contributed by atoms with Crippen molar-refractivity contribution in [3.63, 3.8) is 0 Å². The average molecular weight is 413 g/mol. The molecule has 0 aliphatic rings. The Balaban J connectivity index is 2.53. The highest BCUT2D eigenvalue weighted by Gasteiger charge is 2.28. The van der Waals surface area contributed by atoms with Gasteiger partial charge in [-0.1, -0.05) is 11.6 Å². The first kappa shape index (κ1) is 20.3. The van der Waals surface area contributed by atoms with Gasteiger partial charge in [-0.3, -0.25) is 14.9 Å². The summed E-state index contributed by atoms with van der Waals surface area (Å²) in [7, 11) is 2.32. The second-order valence-corrected chi connectivity index (χ2v) is 6.57. The summed E-state index contributed by atoms with van der Waals surface area (Å²) in [5.41, 5.74) is -0.539. The van der Waals surface area contributed by atoms with Gasteiger partial charge in [0.15, 0.2) is 0 Å². The molecule has 0 spiro atoms. The van der Waals surface area contributed by atoms with Gasteiger partial charge in [-0.15, -0.1) is 11.3 Å². The van der Waals surface area contributed by atoms with Gasteiger partial charge in [0.25, 0.3) is 11.6 Å². The first-order valence-electron chi connectivity index (χ1n) is 7.26. The molecule has 1 aromatic heterocycles. The normalized spacial score (nSPS) is 10.2. The first-order chi connectivity index (χ1) is 12.7. The van der Waals surface area contributed by atoms with Crippen molar-refractivity contribution in [1.82, 2.24) is 0 Å². The van der Waals surface area contributed by atoms with Crippen LogP contribution < -0.4 is 5.32 Å². The van der Waals surface area contributed by atoms with Crippen LogP contribution in [0.25, 0.3) is 0 Å². The molecule has 0 aliphatic heterocycles. The lowest BCUT2D eigenvalue weighted by atomic mass is 10.1. The number of anilines is 1. The van der Waals surface area contributed by atoms with Crippen LogP contribution in [-0.4, -0.2) is 37.0 Å². The second kappa shape index (κ2) is 8.14. The first-order valence-corrected chi connectivity index (χ1v) is 8.46. The largest absolute Gasteiger partial charge is 0.465 e. The Morgan fingerprint density at radius 2 is 1.81 bits per heavy atom. The Labute approximate surface area is 162 Å². The van der Waals surface area contributed by atoms with Crippen LogP contribution in [0.5, 0.6) is 0 Å². The van der Waals surface area contributed by atoms with E-state index in [1.165, 1.54) is 20.1 Å². The van der Waals surface area contributed by atoms with Crippen molar-refractivity contribution < 1.29 is 28.8 Å². The molecular weight excluding hydrogens is 400 g/mol. The van der Waals surface area contributed by atoms with Gasteiger partial charge in [-0.2, -0.15) is 0 Å². The summed E-state index contributed by atoms with van der Waals surface area (Å²) in [4.78, 5) is 47.0. The van der Waals surface area contributed by atoms with E-state index in [1.54, 1.807) is 0 Å². The molecule has 1 amide bonds. The summed E-state index contributed by atoms with van der Waals surface area (Å²) in [5, 5.41) is 13.7. The zero-order valence-electron chi connectivity index (χ0n) is 14.3. The number of thiophene rings is 1. The zero-order chi connectivity index (χ0) is 20.3. The van der Waals surface area contributed by atoms with E-state index in [9.17, 15) is 24.5 Å². The summed E-state index contributed by atoms with van der Waals surface area (Å²) in [5.74, 6) is -2.35. The van der Waals surface area contributed by atoms with E-state index in [2.05, 4.69) is 14.8 Å². The van der Waals surface area contributed by atoms with Gasteiger partial charge in [-0.25, -0.2) is 9.59 Å². The van der Waals surface area contributed by atoms with Crippen molar-refractivity contribution in [3.8, 4) is 0 Å². The van der Waals surface area contributed by atoms with Crippen LogP contribution in [-0.2, 0) is 9.47 Å². The maximum Gasteiger partial charge on any atom is 0.348 e. The van der Waals surface area contributed by atoms with Crippen molar-refractivity contribution in [2.24, 2.45) is 0 Å². The number of hydrogen-bond donors (Lipinski definition) is 1. The molecule has 0 unspecified atom stereocenters. The SMILES string of the molecule is COC(=O)c1sc(NC(=O)c2cc(Cl)ccc2[N+](=O)[O-])c(C(=O)OC)c1C. The molecule has 1 aromatic carbocycles. The molecule has 0 saturated heterocycles. The van der Waals surface area contributed by atoms with Crippen LogP contribution in [0.3, 0.4) is 0 Å². The summed E-state index contributed by atoms with van der Waals surface area (Å²) >= 11 is 6.62. The van der Waals surface area contributed by atoms with Crippen molar-refractivity contribution in [2.75, 3.05) is 19.5 Å². The molecule has 27 heavy (non-hydrogen) atoms. The molecular formula is C16H13ClN2O7S. The number of nitro benzene ring substituents is 1. The quantitative estimate of drug-likeness (QED) is 0.453. The van der Waals surface area contributed by atoms with Crippen LogP contribution >= 0.6 is 22.9 Å². The maximum atomic E-state index is 12.6. The molecule has 0 saturated carbocycles. The number of benzene rings is 1. The third-order valence-corrected chi connectivity index (χ3v) is 4.96. The molecule has 2 rings (SSSR count). The van der Waals surface area contributed by atoms with E-state index in [4.69, 9.17) is 11.6 Å². The summed E-state index contributed by atoms with van der Waals surface area (Å²) in [6.07, 6.45) is 0. The minimum atomic E-state index is -0.869. The number of carbonyl (C=O) groups excluding carboxylic acids is 3. The Bertz CT molecular complexity index is 954. The Kier molecular flexibility index (Phi) is 6.13. The van der Waals surface area contributed by atoms with Crippen LogP contribution in [0, 0.1) is 17.0 Å². The topological polar surface area (TPSA) is 125 Å². The third-order valence-electron chi connectivity index (χ3n) is 3.53. The summed E-state index contributed by atoms with van der Waals surface area (Å²) in [6, 6.07) is 3.51. The number of ether oxygens (including phenoxy) is 2. The van der Waals surface area contributed by atoms with Crippen LogP contribution in [0.2, 0.25) is 5.02 Å². The molecule has 142 valence electrons. The number of carbonyl (C=O) groups is 3. The number of rotatable bonds is 5. The minimum absolute atomic E-state index is 0.000904. The molecule has 0 radical (unpaired) electrons. The Morgan fingerprint density at radius 1 is 1.19 bits per heavy atom. The van der Waals surface area contributed by atoms with E-state index in [0.29, 0.717) is 0 Å². The van der Waals surface area contributed by atoms with Crippen LogP contribution in [0.4, 0.5) is 10.7 Å². The van der Waals surface area contributed by atoms with Crippen molar-refractivity contribution in [3.05, 3.63) is 54.9 Å². The van der Waals surface area contributed by atoms with Gasteiger partial charge in [0.05, 0.1) is 24.7 Å². The molecule has 0 bridgehead atoms. The van der Waals surface area contributed by atoms with Crippen molar-refractivity contribution in [2.45, 2.75) is 6.92 Å². The molecule has 11 heteroatoms. The number of nitrogens with zero attached hydrogens (tertiary/aromatic N) is 1. The number of halogens is 1. The van der Waals surface area contributed by atoms with Gasteiger partial charge >= 0.3 is 11.9 Å². The second-order valence-electron chi connectivity index (χ2n) is 5.12. The molecule has 2 aromatic rings. The number of amides is 1. The van der Waals surface area contributed by atoms with Crippen LogP contribution in [0.1, 0.15) is 36.0 Å². The lowest BCUT2D eigenvalue weighted by molar-refractivity contribution is -0.385. The van der Waals surface area contributed by atoms with E-state index in [-0.39, 0.29) is 31.6 Å². The minimum Gasteiger partial charge on any atom is -0.465 e. The number of esters is 2. The number of methoxy groups -OCH3 is 2. The predicted molar refractivity (Wildman–Crippen MR) is 97.8 cm³/mol. The van der Waals surface area contributed by atoms with Crippen LogP contribution in [0.15, 0.2) is 18.2 Å². The Morgan fingerprint density at radius 3 is 2.37 bits per heavy atom. The Hall–Kier alpha value is -2.98. The van der Waals surface area contributed by atoms with Crippen molar-refractivity contribution >= 4 is 51.5 Å². The van der Waals surface area contributed by atoms with Gasteiger partial charge in [-0.05, 0) is 24.6 Å². The van der Waals surface area contributed by atoms with E-state index in [0.717, 1.165) is 30.6 Å². The number of nitrogens with one attached hydrogen (secondary N) is 1. The molecule has 0 fully saturated rings. The highest BCUT2D eigenvalue weighted by molar-refractivity contribution is 7.18. The molecule has 1 N–H and O–H groups in total. The standard InChI is InChI=1S/C16H13ClN2O7S/c1-7-11(15(21)25-2)14(27-12(7)16(22)26-3)18-13(20)9-6-8(17)4-5-10(9)19(23)24/h4-6H,1-3H3,(H,18,20). The van der Waals surface area contributed by atoms with Gasteiger partial charge in [0.2, 0.25) is 0 Å². The smallest absolute Gasteiger partial charge is 0.348 e. The lowest BCUT2D eigenvalue weighted by Crippen LogP contribution is -2.15. The fourth-order valence-electron chi connectivity index (χ4n) is 2.26. The lowest BCUT2D eigenvalue weighted by Gasteiger charge is -2.07. The fourth-order valence-corrected chi connectivity index (χ4v) is 3.54. The molecule has 0 aliphatic carbocycles. The molecule has 1 heterocycles. The fraction of sp³-hybridized carbons (Fsp3) is 0.188. The van der Waals surface area contributed by atoms with E-state index < -0.39 is 28.5 Å². The maximum absolute atomic E-state index is 12.6. The van der Waals surface area contributed by atoms with E-state index in [1.807, 2.05) is 0 Å². The van der Waals surface area contributed by atoms with Gasteiger partial charge in [0.1, 0.15) is 15.4 Å².